The first kappa shape index (κ1) is 11.1. The van der Waals surface area contributed by atoms with Crippen molar-refractivity contribution in [3.05, 3.63) is 35.8 Å². The summed E-state index contributed by atoms with van der Waals surface area (Å²) >= 11 is 0. The van der Waals surface area contributed by atoms with Gasteiger partial charge < -0.3 is 4.98 Å². The van der Waals surface area contributed by atoms with Crippen molar-refractivity contribution < 1.29 is 12.8 Å². The lowest BCUT2D eigenvalue weighted by atomic mass is 10.2. The van der Waals surface area contributed by atoms with Gasteiger partial charge in [0.05, 0.1) is 5.75 Å². The van der Waals surface area contributed by atoms with Gasteiger partial charge in [0.2, 0.25) is 0 Å². The molecule has 0 unspecified atom stereocenters. The highest BCUT2D eigenvalue weighted by atomic mass is 32.2. The number of hydrogen-bond acceptors (Lipinski definition) is 2. The predicted molar refractivity (Wildman–Crippen MR) is 61.4 cm³/mol. The minimum atomic E-state index is -3.06. The number of aromatic amines is 1. The van der Waals surface area contributed by atoms with Crippen molar-refractivity contribution in [2.24, 2.45) is 0 Å². The normalized spacial score (nSPS) is 12.1. The molecule has 0 amide bonds. The Hall–Kier alpha value is -1.36. The predicted octanol–water partition coefficient (Wildman–Crippen LogP) is 2.24. The van der Waals surface area contributed by atoms with Crippen molar-refractivity contribution in [2.75, 3.05) is 5.75 Å². The summed E-state index contributed by atoms with van der Waals surface area (Å²) in [4.78, 5) is 2.91. The number of aromatic nitrogens is 1. The molecular weight excluding hydrogens is 229 g/mol. The summed E-state index contributed by atoms with van der Waals surface area (Å²) in [7, 11) is -3.06. The molecule has 0 radical (unpaired) electrons. The Morgan fingerprint density at radius 1 is 1.31 bits per heavy atom. The number of nitrogens with one attached hydrogen (secondary N) is 1. The molecule has 0 atom stereocenters. The topological polar surface area (TPSA) is 49.9 Å². The van der Waals surface area contributed by atoms with Crippen LogP contribution in [-0.2, 0) is 15.6 Å². The highest BCUT2D eigenvalue weighted by Gasteiger charge is 2.11. The van der Waals surface area contributed by atoms with Crippen LogP contribution in [0.3, 0.4) is 0 Å². The van der Waals surface area contributed by atoms with Crippen LogP contribution in [0.4, 0.5) is 4.39 Å². The standard InChI is InChI=1S/C11H12FNO2S/c1-2-16(14,15)7-10-5-8-3-4-9(12)6-11(8)13-10/h3-6,13H,2,7H2,1H3. The van der Waals surface area contributed by atoms with Gasteiger partial charge in [-0.2, -0.15) is 0 Å². The molecule has 1 heterocycles. The van der Waals surface area contributed by atoms with Gasteiger partial charge in [0.1, 0.15) is 5.82 Å². The highest BCUT2D eigenvalue weighted by Crippen LogP contribution is 2.18. The van der Waals surface area contributed by atoms with Crippen LogP contribution >= 0.6 is 0 Å². The van der Waals surface area contributed by atoms with Gasteiger partial charge in [-0.3, -0.25) is 0 Å². The zero-order chi connectivity index (χ0) is 11.8. The molecular formula is C11H12FNO2S. The molecule has 5 heteroatoms. The van der Waals surface area contributed by atoms with E-state index in [0.29, 0.717) is 11.2 Å². The third-order valence-electron chi connectivity index (χ3n) is 2.46. The third-order valence-corrected chi connectivity index (χ3v) is 4.09. The fourth-order valence-corrected chi connectivity index (χ4v) is 2.41. The van der Waals surface area contributed by atoms with Crippen molar-refractivity contribution in [1.29, 1.82) is 0 Å². The zero-order valence-electron chi connectivity index (χ0n) is 8.83. The molecule has 2 rings (SSSR count). The van der Waals surface area contributed by atoms with Gasteiger partial charge in [-0.1, -0.05) is 6.92 Å². The number of H-pyrrole nitrogens is 1. The van der Waals surface area contributed by atoms with Crippen LogP contribution in [-0.4, -0.2) is 19.2 Å². The van der Waals surface area contributed by atoms with Crippen LogP contribution in [0.25, 0.3) is 10.9 Å². The largest absolute Gasteiger partial charge is 0.357 e. The molecule has 0 fully saturated rings. The van der Waals surface area contributed by atoms with Crippen molar-refractivity contribution >= 4 is 20.7 Å². The lowest BCUT2D eigenvalue weighted by Gasteiger charge is -1.97. The average Bonchev–Trinajstić information content (AvgIpc) is 2.58. The molecule has 0 saturated carbocycles. The molecule has 1 aromatic heterocycles. The monoisotopic (exact) mass is 241 g/mol. The van der Waals surface area contributed by atoms with Crippen molar-refractivity contribution in [1.82, 2.24) is 4.98 Å². The van der Waals surface area contributed by atoms with Gasteiger partial charge in [0, 0.05) is 17.0 Å². The van der Waals surface area contributed by atoms with Crippen LogP contribution in [0.2, 0.25) is 0 Å². The average molecular weight is 241 g/mol. The Morgan fingerprint density at radius 2 is 2.06 bits per heavy atom. The molecule has 2 aromatic rings. The van der Waals surface area contributed by atoms with Gasteiger partial charge in [0.15, 0.2) is 9.84 Å². The fourth-order valence-electron chi connectivity index (χ4n) is 1.58. The maximum absolute atomic E-state index is 12.9. The van der Waals surface area contributed by atoms with E-state index in [4.69, 9.17) is 0 Å². The first-order chi connectivity index (χ1) is 7.50. The molecule has 1 aromatic carbocycles. The van der Waals surface area contributed by atoms with E-state index in [-0.39, 0.29) is 17.3 Å². The van der Waals surface area contributed by atoms with Gasteiger partial charge in [-0.15, -0.1) is 0 Å². The molecule has 0 spiro atoms. The Morgan fingerprint density at radius 3 is 2.75 bits per heavy atom. The van der Waals surface area contributed by atoms with Gasteiger partial charge >= 0.3 is 0 Å². The lowest BCUT2D eigenvalue weighted by Crippen LogP contribution is -2.06. The minimum Gasteiger partial charge on any atom is -0.357 e. The zero-order valence-corrected chi connectivity index (χ0v) is 9.64. The Labute approximate surface area is 93.2 Å². The van der Waals surface area contributed by atoms with E-state index in [1.54, 1.807) is 19.1 Å². The summed E-state index contributed by atoms with van der Waals surface area (Å²) < 4.78 is 35.7. The first-order valence-corrected chi connectivity index (χ1v) is 6.80. The van der Waals surface area contributed by atoms with E-state index in [2.05, 4.69) is 4.98 Å². The summed E-state index contributed by atoms with van der Waals surface area (Å²) in [5.41, 5.74) is 1.23. The van der Waals surface area contributed by atoms with Crippen LogP contribution in [0, 0.1) is 5.82 Å². The van der Waals surface area contributed by atoms with Crippen LogP contribution < -0.4 is 0 Å². The molecule has 0 aliphatic heterocycles. The molecule has 3 nitrogen and oxygen atoms in total. The van der Waals surface area contributed by atoms with Crippen molar-refractivity contribution in [3.63, 3.8) is 0 Å². The Bertz CT molecular complexity index is 616. The molecule has 0 aliphatic carbocycles. The quantitative estimate of drug-likeness (QED) is 0.896. The SMILES string of the molecule is CCS(=O)(=O)Cc1cc2ccc(F)cc2[nH]1. The number of fused-ring (bicyclic) bond motifs is 1. The summed E-state index contributed by atoms with van der Waals surface area (Å²) in [6, 6.07) is 6.08. The highest BCUT2D eigenvalue weighted by molar-refractivity contribution is 7.90. The van der Waals surface area contributed by atoms with Crippen molar-refractivity contribution in [2.45, 2.75) is 12.7 Å². The second kappa shape index (κ2) is 3.90. The van der Waals surface area contributed by atoms with E-state index < -0.39 is 9.84 Å². The van der Waals surface area contributed by atoms with Crippen LogP contribution in [0.5, 0.6) is 0 Å². The fraction of sp³-hybridized carbons (Fsp3) is 0.273. The Kier molecular flexibility index (Phi) is 2.71. The number of halogens is 1. The molecule has 0 aliphatic rings. The maximum Gasteiger partial charge on any atom is 0.155 e. The number of hydrogen-bond donors (Lipinski definition) is 1. The summed E-state index contributed by atoms with van der Waals surface area (Å²) in [5, 5.41) is 0.822. The van der Waals surface area contributed by atoms with Crippen LogP contribution in [0.1, 0.15) is 12.6 Å². The van der Waals surface area contributed by atoms with E-state index in [1.807, 2.05) is 0 Å². The second-order valence-corrected chi connectivity index (χ2v) is 6.06. The van der Waals surface area contributed by atoms with Gasteiger partial charge in [-0.25, -0.2) is 12.8 Å². The third kappa shape index (κ3) is 2.24. The van der Waals surface area contributed by atoms with Gasteiger partial charge in [0.25, 0.3) is 0 Å². The number of sulfone groups is 1. The van der Waals surface area contributed by atoms with Crippen molar-refractivity contribution in [3.8, 4) is 0 Å². The van der Waals surface area contributed by atoms with E-state index >= 15 is 0 Å². The number of rotatable bonds is 3. The van der Waals surface area contributed by atoms with E-state index in [9.17, 15) is 12.8 Å². The Balaban J connectivity index is 2.40. The lowest BCUT2D eigenvalue weighted by molar-refractivity contribution is 0.596. The second-order valence-electron chi connectivity index (χ2n) is 3.70. The summed E-state index contributed by atoms with van der Waals surface area (Å²) in [5.74, 6) is -0.254. The maximum atomic E-state index is 12.9. The van der Waals surface area contributed by atoms with E-state index in [1.165, 1.54) is 12.1 Å². The molecule has 0 bridgehead atoms. The number of benzene rings is 1. The molecule has 16 heavy (non-hydrogen) atoms. The summed E-state index contributed by atoms with van der Waals surface area (Å²) in [6.45, 7) is 1.61. The smallest absolute Gasteiger partial charge is 0.155 e. The first-order valence-electron chi connectivity index (χ1n) is 4.98. The molecule has 86 valence electrons. The van der Waals surface area contributed by atoms with Gasteiger partial charge in [-0.05, 0) is 29.7 Å². The van der Waals surface area contributed by atoms with Crippen LogP contribution in [0.15, 0.2) is 24.3 Å². The molecule has 1 N–H and O–H groups in total. The summed E-state index contributed by atoms with van der Waals surface area (Å²) in [6.07, 6.45) is 0. The molecule has 0 saturated heterocycles. The van der Waals surface area contributed by atoms with E-state index in [0.717, 1.165) is 5.39 Å². The minimum absolute atomic E-state index is 0.0280.